The average molecular weight is 220 g/mol. The number of rotatable bonds is 7. The van der Waals surface area contributed by atoms with Crippen LogP contribution in [-0.4, -0.2) is 11.0 Å². The first-order valence-electron chi connectivity index (χ1n) is 6.45. The first kappa shape index (κ1) is 13.0. The molecule has 0 aliphatic carbocycles. The van der Waals surface area contributed by atoms with Crippen LogP contribution in [0.4, 0.5) is 5.82 Å². The summed E-state index contributed by atoms with van der Waals surface area (Å²) in [5, 5.41) is 3.53. The molecular formula is C14H24N2. The summed E-state index contributed by atoms with van der Waals surface area (Å²) in [5.74, 6) is 1.01. The lowest BCUT2D eigenvalue weighted by Gasteiger charge is -2.18. The number of aromatic nitrogens is 1. The van der Waals surface area contributed by atoms with Crippen LogP contribution in [0.1, 0.15) is 51.5 Å². The maximum Gasteiger partial charge on any atom is 0.126 e. The molecule has 1 rings (SSSR count). The summed E-state index contributed by atoms with van der Waals surface area (Å²) < 4.78 is 0. The molecule has 0 saturated heterocycles. The van der Waals surface area contributed by atoms with Crippen LogP contribution in [0, 0.1) is 6.92 Å². The lowest BCUT2D eigenvalue weighted by atomic mass is 10.1. The minimum absolute atomic E-state index is 0.583. The zero-order chi connectivity index (χ0) is 11.8. The van der Waals surface area contributed by atoms with Crippen molar-refractivity contribution in [2.24, 2.45) is 0 Å². The maximum absolute atomic E-state index is 4.40. The van der Waals surface area contributed by atoms with Gasteiger partial charge >= 0.3 is 0 Å². The maximum atomic E-state index is 4.40. The average Bonchev–Trinajstić information content (AvgIpc) is 2.29. The van der Waals surface area contributed by atoms with Crippen LogP contribution >= 0.6 is 0 Å². The fraction of sp³-hybridized carbons (Fsp3) is 0.643. The first-order chi connectivity index (χ1) is 7.76. The summed E-state index contributed by atoms with van der Waals surface area (Å²) in [5.41, 5.74) is 1.21. The molecule has 2 heteroatoms. The number of anilines is 1. The third kappa shape index (κ3) is 4.65. The number of nitrogens with zero attached hydrogens (tertiary/aromatic N) is 1. The van der Waals surface area contributed by atoms with Gasteiger partial charge in [0.2, 0.25) is 0 Å². The van der Waals surface area contributed by atoms with E-state index in [4.69, 9.17) is 0 Å². The molecule has 0 spiro atoms. The second-order valence-corrected chi connectivity index (χ2v) is 4.49. The van der Waals surface area contributed by atoms with Crippen LogP contribution in [0.15, 0.2) is 18.3 Å². The van der Waals surface area contributed by atoms with Crippen LogP contribution in [0.5, 0.6) is 0 Å². The topological polar surface area (TPSA) is 24.9 Å². The molecule has 1 aromatic rings. The fourth-order valence-electron chi connectivity index (χ4n) is 1.85. The van der Waals surface area contributed by atoms with Gasteiger partial charge < -0.3 is 5.32 Å². The monoisotopic (exact) mass is 220 g/mol. The van der Waals surface area contributed by atoms with E-state index in [-0.39, 0.29) is 0 Å². The number of hydrogen-bond donors (Lipinski definition) is 1. The van der Waals surface area contributed by atoms with Crippen molar-refractivity contribution in [1.29, 1.82) is 0 Å². The Bertz CT molecular complexity index is 279. The second kappa shape index (κ2) is 7.26. The smallest absolute Gasteiger partial charge is 0.126 e. The summed E-state index contributed by atoms with van der Waals surface area (Å²) in [6, 6.07) is 4.77. The molecule has 1 aromatic heterocycles. The highest BCUT2D eigenvalue weighted by molar-refractivity contribution is 5.36. The van der Waals surface area contributed by atoms with Crippen molar-refractivity contribution in [2.45, 2.75) is 58.9 Å². The molecule has 16 heavy (non-hydrogen) atoms. The first-order valence-corrected chi connectivity index (χ1v) is 6.45. The van der Waals surface area contributed by atoms with Gasteiger partial charge in [-0.1, -0.05) is 39.2 Å². The number of aryl methyl sites for hydroxylation is 1. The fourth-order valence-corrected chi connectivity index (χ4v) is 1.85. The molecule has 0 radical (unpaired) electrons. The Labute approximate surface area is 99.5 Å². The molecule has 0 aliphatic rings. The van der Waals surface area contributed by atoms with E-state index in [1.807, 2.05) is 6.20 Å². The molecule has 1 unspecified atom stereocenters. The van der Waals surface area contributed by atoms with Crippen LogP contribution in [0.3, 0.4) is 0 Å². The molecule has 0 fully saturated rings. The number of nitrogens with one attached hydrogen (secondary N) is 1. The third-order valence-electron chi connectivity index (χ3n) is 2.81. The number of unbranched alkanes of at least 4 members (excludes halogenated alkanes) is 1. The Morgan fingerprint density at radius 1 is 1.19 bits per heavy atom. The molecule has 0 bridgehead atoms. The Morgan fingerprint density at radius 3 is 2.56 bits per heavy atom. The highest BCUT2D eigenvalue weighted by atomic mass is 15.0. The minimum Gasteiger partial charge on any atom is -0.367 e. The van der Waals surface area contributed by atoms with E-state index in [2.05, 4.69) is 43.2 Å². The van der Waals surface area contributed by atoms with E-state index in [1.54, 1.807) is 0 Å². The van der Waals surface area contributed by atoms with Gasteiger partial charge in [-0.2, -0.15) is 0 Å². The highest BCUT2D eigenvalue weighted by Crippen LogP contribution is 2.13. The molecule has 0 aromatic carbocycles. The van der Waals surface area contributed by atoms with E-state index >= 15 is 0 Å². The summed E-state index contributed by atoms with van der Waals surface area (Å²) in [6.07, 6.45) is 8.20. The number of hydrogen-bond acceptors (Lipinski definition) is 2. The molecule has 90 valence electrons. The lowest BCUT2D eigenvalue weighted by Crippen LogP contribution is -2.19. The van der Waals surface area contributed by atoms with Crippen LogP contribution in [0.2, 0.25) is 0 Å². The Kier molecular flexibility index (Phi) is 5.91. The molecule has 1 N–H and O–H groups in total. The van der Waals surface area contributed by atoms with Crippen LogP contribution in [-0.2, 0) is 0 Å². The van der Waals surface area contributed by atoms with Crippen molar-refractivity contribution in [2.75, 3.05) is 5.32 Å². The largest absolute Gasteiger partial charge is 0.367 e. The van der Waals surface area contributed by atoms with E-state index in [9.17, 15) is 0 Å². The Balaban J connectivity index is 2.49. The van der Waals surface area contributed by atoms with Gasteiger partial charge in [0.05, 0.1) is 0 Å². The predicted octanol–water partition coefficient (Wildman–Crippen LogP) is 4.16. The Hall–Kier alpha value is -1.05. The predicted molar refractivity (Wildman–Crippen MR) is 70.8 cm³/mol. The highest BCUT2D eigenvalue weighted by Gasteiger charge is 2.07. The van der Waals surface area contributed by atoms with E-state index in [0.717, 1.165) is 5.82 Å². The van der Waals surface area contributed by atoms with Gasteiger partial charge in [0, 0.05) is 12.2 Å². The quantitative estimate of drug-likeness (QED) is 0.746. The summed E-state index contributed by atoms with van der Waals surface area (Å²) in [7, 11) is 0. The Morgan fingerprint density at radius 2 is 2.00 bits per heavy atom. The third-order valence-corrected chi connectivity index (χ3v) is 2.81. The van der Waals surface area contributed by atoms with Crippen LogP contribution in [0.25, 0.3) is 0 Å². The zero-order valence-electron chi connectivity index (χ0n) is 10.8. The molecular weight excluding hydrogens is 196 g/mol. The molecule has 2 nitrogen and oxygen atoms in total. The van der Waals surface area contributed by atoms with Crippen molar-refractivity contribution in [3.63, 3.8) is 0 Å². The number of pyridine rings is 1. The van der Waals surface area contributed by atoms with Crippen molar-refractivity contribution < 1.29 is 0 Å². The van der Waals surface area contributed by atoms with Gasteiger partial charge in [0.25, 0.3) is 0 Å². The van der Waals surface area contributed by atoms with E-state index < -0.39 is 0 Å². The summed E-state index contributed by atoms with van der Waals surface area (Å²) in [4.78, 5) is 4.40. The van der Waals surface area contributed by atoms with Crippen molar-refractivity contribution in [1.82, 2.24) is 4.98 Å². The van der Waals surface area contributed by atoms with E-state index in [1.165, 1.54) is 37.7 Å². The van der Waals surface area contributed by atoms with Gasteiger partial charge in [-0.25, -0.2) is 4.98 Å². The lowest BCUT2D eigenvalue weighted by molar-refractivity contribution is 0.563. The van der Waals surface area contributed by atoms with Gasteiger partial charge in [-0.3, -0.25) is 0 Å². The van der Waals surface area contributed by atoms with Crippen molar-refractivity contribution >= 4 is 5.82 Å². The molecule has 0 aliphatic heterocycles. The summed E-state index contributed by atoms with van der Waals surface area (Å²) in [6.45, 7) is 6.55. The molecule has 1 heterocycles. The normalized spacial score (nSPS) is 12.4. The van der Waals surface area contributed by atoms with Gasteiger partial charge in [-0.05, 0) is 31.4 Å². The van der Waals surface area contributed by atoms with E-state index in [0.29, 0.717) is 6.04 Å². The van der Waals surface area contributed by atoms with Crippen molar-refractivity contribution in [3.8, 4) is 0 Å². The van der Waals surface area contributed by atoms with Gasteiger partial charge in [0.1, 0.15) is 5.82 Å². The zero-order valence-corrected chi connectivity index (χ0v) is 10.8. The van der Waals surface area contributed by atoms with Crippen LogP contribution < -0.4 is 5.32 Å². The van der Waals surface area contributed by atoms with Gasteiger partial charge in [0.15, 0.2) is 0 Å². The molecule has 1 atom stereocenters. The standard InChI is InChI=1S/C14H24N2/c1-4-6-8-13(7-5-2)16-14-10-9-12(3)11-15-14/h9-11,13H,4-8H2,1-3H3,(H,15,16). The van der Waals surface area contributed by atoms with Gasteiger partial charge in [-0.15, -0.1) is 0 Å². The summed E-state index contributed by atoms with van der Waals surface area (Å²) >= 11 is 0. The molecule has 0 amide bonds. The second-order valence-electron chi connectivity index (χ2n) is 4.49. The minimum atomic E-state index is 0.583. The molecule has 0 saturated carbocycles. The SMILES string of the molecule is CCCCC(CCC)Nc1ccc(C)cn1. The van der Waals surface area contributed by atoms with Crippen molar-refractivity contribution in [3.05, 3.63) is 23.9 Å².